The lowest BCUT2D eigenvalue weighted by Crippen LogP contribution is -2.32. The summed E-state index contributed by atoms with van der Waals surface area (Å²) < 4.78 is 6.81. The number of ether oxygens (including phenoxy) is 1. The van der Waals surface area contributed by atoms with Gasteiger partial charge in [-0.05, 0) is 67.1 Å². The van der Waals surface area contributed by atoms with E-state index in [1.807, 2.05) is 25.1 Å². The Morgan fingerprint density at radius 2 is 1.85 bits per heavy atom. The zero-order chi connectivity index (χ0) is 28.8. The van der Waals surface area contributed by atoms with E-state index in [2.05, 4.69) is 26.2 Å². The molecule has 2 aliphatic rings. The average molecular weight is 671 g/mol. The zero-order valence-electron chi connectivity index (χ0n) is 21.4. The number of nitrogens with one attached hydrogen (secondary N) is 2. The fraction of sp³-hybridized carbons (Fsp3) is 0.172. The van der Waals surface area contributed by atoms with E-state index < -0.39 is 17.1 Å². The van der Waals surface area contributed by atoms with Gasteiger partial charge in [-0.25, -0.2) is 4.90 Å². The lowest BCUT2D eigenvalue weighted by atomic mass is 9.82. The molecule has 3 amide bonds. The summed E-state index contributed by atoms with van der Waals surface area (Å²) in [5.74, 6) is -2.30. The number of nitrogens with zero attached hydrogens (tertiary/aromatic N) is 1. The number of aromatic nitrogens is 1. The number of rotatable bonds is 6. The smallest absolute Gasteiger partial charge is 0.305 e. The number of halogens is 2. The maximum atomic E-state index is 14.0. The summed E-state index contributed by atoms with van der Waals surface area (Å²) in [4.78, 5) is 57.2. The molecule has 4 aromatic rings. The van der Waals surface area contributed by atoms with Crippen LogP contribution in [-0.2, 0) is 14.4 Å². The molecule has 0 spiro atoms. The molecule has 0 radical (unpaired) electrons. The molecule has 41 heavy (non-hydrogen) atoms. The summed E-state index contributed by atoms with van der Waals surface area (Å²) in [6.07, 6.45) is 0. The summed E-state index contributed by atoms with van der Waals surface area (Å²) in [5, 5.41) is 2.96. The normalized spacial score (nSPS) is 19.6. The van der Waals surface area contributed by atoms with Crippen LogP contribution in [-0.4, -0.2) is 34.6 Å². The van der Waals surface area contributed by atoms with Crippen molar-refractivity contribution in [2.75, 3.05) is 16.8 Å². The number of thiazole rings is 1. The minimum Gasteiger partial charge on any atom is -0.483 e. The SMILES string of the molecule is Cc1cccc(NC(=O)COc2ccc(Cl)cc2[C@@H]2c3sc(=O)[nH]c3S[C@H]3C(=O)N(c4ccc(Br)cc4)C(=O)[C@@H]23)c1. The topological polar surface area (TPSA) is 109 Å². The van der Waals surface area contributed by atoms with Crippen LogP contribution in [0.5, 0.6) is 5.75 Å². The lowest BCUT2D eigenvalue weighted by Gasteiger charge is -2.31. The third-order valence-corrected chi connectivity index (χ3v) is 10.0. The highest BCUT2D eigenvalue weighted by Gasteiger charge is 2.56. The van der Waals surface area contributed by atoms with E-state index in [1.165, 1.54) is 16.7 Å². The van der Waals surface area contributed by atoms with Crippen LogP contribution in [0.3, 0.4) is 0 Å². The number of carbonyl (C=O) groups excluding carboxylic acids is 3. The van der Waals surface area contributed by atoms with Crippen molar-refractivity contribution in [3.05, 3.63) is 102 Å². The van der Waals surface area contributed by atoms with Gasteiger partial charge in [-0.15, -0.1) is 0 Å². The molecular weight excluding hydrogens is 650 g/mol. The first-order valence-corrected chi connectivity index (χ1v) is 15.4. The van der Waals surface area contributed by atoms with Crippen LogP contribution in [0, 0.1) is 12.8 Å². The van der Waals surface area contributed by atoms with Crippen molar-refractivity contribution in [1.29, 1.82) is 0 Å². The van der Waals surface area contributed by atoms with Crippen LogP contribution >= 0.6 is 50.6 Å². The Bertz CT molecular complexity index is 1760. The Kier molecular flexibility index (Phi) is 7.54. The van der Waals surface area contributed by atoms with Crippen molar-refractivity contribution in [1.82, 2.24) is 4.98 Å². The zero-order valence-corrected chi connectivity index (χ0v) is 25.3. The Balaban J connectivity index is 1.36. The molecule has 0 unspecified atom stereocenters. The number of imide groups is 1. The molecule has 1 fully saturated rings. The minimum atomic E-state index is -0.822. The maximum absolute atomic E-state index is 14.0. The number of fused-ring (bicyclic) bond motifs is 2. The molecule has 8 nitrogen and oxygen atoms in total. The second-order valence-electron chi connectivity index (χ2n) is 9.63. The van der Waals surface area contributed by atoms with Gasteiger partial charge in [0.1, 0.15) is 11.0 Å². The van der Waals surface area contributed by atoms with Crippen molar-refractivity contribution in [3.63, 3.8) is 0 Å². The number of aryl methyl sites for hydroxylation is 1. The molecule has 0 saturated carbocycles. The second kappa shape index (κ2) is 11.1. The van der Waals surface area contributed by atoms with Gasteiger partial charge in [0, 0.05) is 31.5 Å². The highest BCUT2D eigenvalue weighted by Crippen LogP contribution is 2.54. The van der Waals surface area contributed by atoms with Gasteiger partial charge in [-0.2, -0.15) is 0 Å². The number of hydrogen-bond donors (Lipinski definition) is 2. The van der Waals surface area contributed by atoms with Gasteiger partial charge in [-0.3, -0.25) is 19.2 Å². The van der Waals surface area contributed by atoms with Crippen molar-refractivity contribution < 1.29 is 19.1 Å². The van der Waals surface area contributed by atoms with Crippen LogP contribution in [0.2, 0.25) is 5.02 Å². The monoisotopic (exact) mass is 669 g/mol. The standard InChI is InChI=1S/C29H21BrClN3O5S2/c1-14-3-2-4-17(11-14)32-21(35)13-39-20-10-7-16(31)12-19(20)22-23-25(40-26-24(22)41-29(38)33-26)28(37)34(27(23)36)18-8-5-15(30)6-9-18/h2-12,22-23,25H,13H2,1H3,(H,32,35)(H,33,38)/t22-,23-,25+/m0/s1. The predicted molar refractivity (Wildman–Crippen MR) is 163 cm³/mol. The molecule has 0 bridgehead atoms. The van der Waals surface area contributed by atoms with Gasteiger partial charge in [0.05, 0.1) is 16.6 Å². The number of amides is 3. The van der Waals surface area contributed by atoms with E-state index in [1.54, 1.807) is 48.5 Å². The van der Waals surface area contributed by atoms with Crippen LogP contribution in [0.4, 0.5) is 11.4 Å². The molecule has 3 aromatic carbocycles. The number of carbonyl (C=O) groups is 3. The van der Waals surface area contributed by atoms with Crippen LogP contribution in [0.25, 0.3) is 0 Å². The number of benzene rings is 3. The third-order valence-electron chi connectivity index (χ3n) is 6.88. The van der Waals surface area contributed by atoms with E-state index in [0.29, 0.717) is 37.6 Å². The fourth-order valence-electron chi connectivity index (χ4n) is 5.15. The van der Waals surface area contributed by atoms with Crippen LogP contribution in [0.1, 0.15) is 21.9 Å². The Hall–Kier alpha value is -3.38. The van der Waals surface area contributed by atoms with Gasteiger partial charge in [0.25, 0.3) is 5.91 Å². The summed E-state index contributed by atoms with van der Waals surface area (Å²) in [6.45, 7) is 1.63. The molecule has 2 N–H and O–H groups in total. The average Bonchev–Trinajstić information content (AvgIpc) is 3.42. The highest BCUT2D eigenvalue weighted by molar-refractivity contribution is 9.10. The molecule has 1 aromatic heterocycles. The fourth-order valence-corrected chi connectivity index (χ4v) is 8.10. The van der Waals surface area contributed by atoms with Gasteiger partial charge < -0.3 is 15.0 Å². The Morgan fingerprint density at radius 1 is 1.07 bits per heavy atom. The molecule has 0 aliphatic carbocycles. The van der Waals surface area contributed by atoms with Crippen molar-refractivity contribution in [3.8, 4) is 5.75 Å². The first kappa shape index (κ1) is 27.8. The molecule has 6 rings (SSSR count). The number of hydrogen-bond acceptors (Lipinski definition) is 7. The number of anilines is 2. The second-order valence-corrected chi connectivity index (χ2v) is 13.1. The number of aromatic amines is 1. The predicted octanol–water partition coefficient (Wildman–Crippen LogP) is 5.97. The molecular formula is C29H21BrClN3O5S2. The van der Waals surface area contributed by atoms with E-state index in [-0.39, 0.29) is 29.2 Å². The van der Waals surface area contributed by atoms with Gasteiger partial charge >= 0.3 is 4.87 Å². The number of H-pyrrole nitrogens is 1. The van der Waals surface area contributed by atoms with Crippen molar-refractivity contribution >= 4 is 79.7 Å². The van der Waals surface area contributed by atoms with Crippen LogP contribution in [0.15, 0.2) is 81.0 Å². The van der Waals surface area contributed by atoms with E-state index in [4.69, 9.17) is 16.3 Å². The van der Waals surface area contributed by atoms with E-state index in [9.17, 15) is 19.2 Å². The number of thioether (sulfide) groups is 1. The summed E-state index contributed by atoms with van der Waals surface area (Å²) in [7, 11) is 0. The lowest BCUT2D eigenvalue weighted by molar-refractivity contribution is -0.122. The summed E-state index contributed by atoms with van der Waals surface area (Å²) in [5.41, 5.74) is 2.63. The molecule has 1 saturated heterocycles. The first-order valence-electron chi connectivity index (χ1n) is 12.5. The van der Waals surface area contributed by atoms with Crippen molar-refractivity contribution in [2.24, 2.45) is 5.92 Å². The van der Waals surface area contributed by atoms with Crippen molar-refractivity contribution in [2.45, 2.75) is 23.1 Å². The van der Waals surface area contributed by atoms with Gasteiger partial charge in [0.15, 0.2) is 6.61 Å². The van der Waals surface area contributed by atoms with E-state index in [0.717, 1.165) is 21.4 Å². The molecule has 3 atom stereocenters. The summed E-state index contributed by atoms with van der Waals surface area (Å²) in [6, 6.07) is 19.3. The third kappa shape index (κ3) is 5.34. The van der Waals surface area contributed by atoms with Gasteiger partial charge in [-0.1, -0.05) is 62.8 Å². The maximum Gasteiger partial charge on any atom is 0.305 e. The first-order chi connectivity index (χ1) is 19.7. The quantitative estimate of drug-likeness (QED) is 0.245. The largest absolute Gasteiger partial charge is 0.483 e. The minimum absolute atomic E-state index is 0.292. The summed E-state index contributed by atoms with van der Waals surface area (Å²) >= 11 is 12.0. The van der Waals surface area contributed by atoms with Crippen LogP contribution < -0.4 is 19.8 Å². The molecule has 208 valence electrons. The highest BCUT2D eigenvalue weighted by atomic mass is 79.9. The molecule has 2 aliphatic heterocycles. The molecule has 12 heteroatoms. The Morgan fingerprint density at radius 3 is 2.61 bits per heavy atom. The Labute approximate surface area is 256 Å². The van der Waals surface area contributed by atoms with Gasteiger partial charge in [0.2, 0.25) is 11.8 Å². The molecule has 3 heterocycles. The van der Waals surface area contributed by atoms with E-state index >= 15 is 0 Å².